The summed E-state index contributed by atoms with van der Waals surface area (Å²) < 4.78 is 34.0. The van der Waals surface area contributed by atoms with Crippen LogP contribution in [0.2, 0.25) is 0 Å². The van der Waals surface area contributed by atoms with Crippen LogP contribution < -0.4 is 19.7 Å². The van der Waals surface area contributed by atoms with E-state index in [1.165, 1.54) is 4.31 Å². The smallest absolute Gasteiger partial charge is 0.264 e. The first-order valence-electron chi connectivity index (χ1n) is 12.3. The number of sulfonamides is 1. The molecule has 2 aromatic carbocycles. The van der Waals surface area contributed by atoms with Crippen molar-refractivity contribution in [2.24, 2.45) is 0 Å². The highest BCUT2D eigenvalue weighted by Crippen LogP contribution is 2.26. The van der Waals surface area contributed by atoms with Gasteiger partial charge in [-0.25, -0.2) is 8.42 Å². The molecule has 8 nitrogen and oxygen atoms in total. The minimum atomic E-state index is -3.92. The number of nitrogens with one attached hydrogen (secondary N) is 2. The highest BCUT2D eigenvalue weighted by molar-refractivity contribution is 7.92. The summed E-state index contributed by atoms with van der Waals surface area (Å²) in [5.74, 6) is 0.510. The molecular weight excluding hydrogens is 478 g/mol. The molecule has 2 rings (SSSR count). The summed E-state index contributed by atoms with van der Waals surface area (Å²) in [5.41, 5.74) is 1.04. The molecule has 0 spiro atoms. The van der Waals surface area contributed by atoms with Gasteiger partial charge >= 0.3 is 0 Å². The lowest BCUT2D eigenvalue weighted by molar-refractivity contribution is 0.100. The van der Waals surface area contributed by atoms with E-state index >= 15 is 0 Å². The largest absolute Gasteiger partial charge is 0.491 e. The Kier molecular flexibility index (Phi) is 10.3. The van der Waals surface area contributed by atoms with Crippen LogP contribution in [0.15, 0.2) is 53.4 Å². The number of aliphatic hydroxyl groups excluding tert-OH is 2. The molecule has 0 saturated heterocycles. The maximum Gasteiger partial charge on any atom is 0.264 e. The lowest BCUT2D eigenvalue weighted by Crippen LogP contribution is -2.46. The lowest BCUT2D eigenvalue weighted by atomic mass is 10.1. The molecule has 4 N–H and O–H groups in total. The van der Waals surface area contributed by atoms with Crippen molar-refractivity contribution in [3.05, 3.63) is 54.1 Å². The summed E-state index contributed by atoms with van der Waals surface area (Å²) in [4.78, 5) is 0.152. The fraction of sp³-hybridized carbons (Fsp3) is 0.556. The molecule has 9 heteroatoms. The lowest BCUT2D eigenvalue weighted by Gasteiger charge is -2.29. The Morgan fingerprint density at radius 2 is 1.33 bits per heavy atom. The number of nitrogens with zero attached hydrogens (tertiary/aromatic N) is 1. The number of rotatable bonds is 12. The van der Waals surface area contributed by atoms with Crippen molar-refractivity contribution in [1.29, 1.82) is 0 Å². The topological polar surface area (TPSA) is 111 Å². The molecule has 2 aromatic rings. The Morgan fingerprint density at radius 3 is 1.83 bits per heavy atom. The third kappa shape index (κ3) is 10.1. The van der Waals surface area contributed by atoms with Gasteiger partial charge in [-0.2, -0.15) is 0 Å². The van der Waals surface area contributed by atoms with Crippen LogP contribution in [0.4, 0.5) is 5.69 Å². The zero-order valence-electron chi connectivity index (χ0n) is 22.6. The molecule has 0 saturated carbocycles. The predicted octanol–water partition coefficient (Wildman–Crippen LogP) is 3.07. The molecule has 0 radical (unpaired) electrons. The summed E-state index contributed by atoms with van der Waals surface area (Å²) in [6, 6.07) is 13.3. The van der Waals surface area contributed by atoms with Gasteiger partial charge < -0.3 is 25.6 Å². The Balaban J connectivity index is 2.20. The van der Waals surface area contributed by atoms with E-state index in [0.717, 1.165) is 5.56 Å². The van der Waals surface area contributed by atoms with E-state index in [1.807, 2.05) is 48.5 Å². The van der Waals surface area contributed by atoms with Gasteiger partial charge in [-0.05, 0) is 84.9 Å². The van der Waals surface area contributed by atoms with Gasteiger partial charge in [-0.15, -0.1) is 0 Å². The molecule has 202 valence electrons. The second kappa shape index (κ2) is 12.4. The van der Waals surface area contributed by atoms with Crippen LogP contribution in [0, 0.1) is 6.92 Å². The number of anilines is 1. The number of hydrogen-bond donors (Lipinski definition) is 4. The first-order chi connectivity index (χ1) is 16.6. The zero-order chi connectivity index (χ0) is 27.1. The molecule has 0 aliphatic rings. The van der Waals surface area contributed by atoms with Crippen LogP contribution in [0.1, 0.15) is 47.1 Å². The van der Waals surface area contributed by atoms with Gasteiger partial charge in [-0.3, -0.25) is 4.31 Å². The molecule has 0 heterocycles. The van der Waals surface area contributed by atoms with Crippen LogP contribution in [-0.2, 0) is 10.0 Å². The molecule has 2 atom stereocenters. The third-order valence-corrected chi connectivity index (χ3v) is 7.10. The van der Waals surface area contributed by atoms with Crippen molar-refractivity contribution in [2.45, 2.75) is 76.6 Å². The minimum absolute atomic E-state index is 0.102. The highest BCUT2D eigenvalue weighted by atomic mass is 32.2. The number of aliphatic hydroxyl groups is 2. The summed E-state index contributed by atoms with van der Waals surface area (Å²) in [7, 11) is -3.92. The second-order valence-corrected chi connectivity index (χ2v) is 13.1. The quantitative estimate of drug-likeness (QED) is 0.340. The highest BCUT2D eigenvalue weighted by Gasteiger charge is 2.28. The molecular formula is C27H43N3O5S. The average Bonchev–Trinajstić information content (AvgIpc) is 2.78. The Morgan fingerprint density at radius 1 is 0.833 bits per heavy atom. The zero-order valence-corrected chi connectivity index (χ0v) is 23.4. The van der Waals surface area contributed by atoms with Gasteiger partial charge in [0.1, 0.15) is 18.5 Å². The van der Waals surface area contributed by atoms with Crippen molar-refractivity contribution in [3.8, 4) is 5.75 Å². The van der Waals surface area contributed by atoms with Crippen molar-refractivity contribution in [2.75, 3.05) is 30.5 Å². The number of benzene rings is 2. The molecule has 36 heavy (non-hydrogen) atoms. The Bertz CT molecular complexity index is 1040. The normalized spacial score (nSPS) is 14.4. The summed E-state index contributed by atoms with van der Waals surface area (Å²) in [6.45, 7) is 14.5. The fourth-order valence-corrected chi connectivity index (χ4v) is 4.75. The van der Waals surface area contributed by atoms with E-state index in [2.05, 4.69) is 10.6 Å². The number of hydrogen-bond acceptors (Lipinski definition) is 7. The van der Waals surface area contributed by atoms with Crippen LogP contribution in [0.25, 0.3) is 0 Å². The molecule has 0 aliphatic carbocycles. The SMILES string of the molecule is Cc1ccc(S(=O)(=O)N(C[C@H](O)CNC(C)(C)C)c2ccc(OC[C@@H](O)CNC(C)(C)C)cc2)cc1. The van der Waals surface area contributed by atoms with E-state index in [4.69, 9.17) is 4.74 Å². The monoisotopic (exact) mass is 521 g/mol. The maximum atomic E-state index is 13.6. The van der Waals surface area contributed by atoms with Crippen molar-refractivity contribution in [3.63, 3.8) is 0 Å². The van der Waals surface area contributed by atoms with E-state index in [9.17, 15) is 18.6 Å². The first kappa shape index (κ1) is 30.1. The minimum Gasteiger partial charge on any atom is -0.491 e. The van der Waals surface area contributed by atoms with E-state index in [1.54, 1.807) is 48.5 Å². The molecule has 0 fully saturated rings. The van der Waals surface area contributed by atoms with Crippen LogP contribution in [0.5, 0.6) is 5.75 Å². The third-order valence-electron chi connectivity index (χ3n) is 5.29. The number of aryl methyl sites for hydroxylation is 1. The van der Waals surface area contributed by atoms with E-state index in [-0.39, 0.29) is 35.7 Å². The molecule has 0 amide bonds. The fourth-order valence-electron chi connectivity index (χ4n) is 3.24. The van der Waals surface area contributed by atoms with Gasteiger partial charge in [0.15, 0.2) is 0 Å². The first-order valence-corrected chi connectivity index (χ1v) is 13.7. The Hall–Kier alpha value is -2.17. The van der Waals surface area contributed by atoms with Crippen LogP contribution >= 0.6 is 0 Å². The van der Waals surface area contributed by atoms with Crippen molar-refractivity contribution < 1.29 is 23.4 Å². The second-order valence-electron chi connectivity index (χ2n) is 11.2. The Labute approximate surface area is 216 Å². The standard InChI is InChI=1S/C27H43N3O5S/c1-20-8-14-25(15-9-20)36(33,34)30(18-22(31)16-28-26(2,3)4)21-10-12-24(13-11-21)35-19-23(32)17-29-27(5,6)7/h8-15,22-23,28-29,31-32H,16-19H2,1-7H3/t22-,23+/m1/s1. The predicted molar refractivity (Wildman–Crippen MR) is 145 cm³/mol. The van der Waals surface area contributed by atoms with E-state index < -0.39 is 22.2 Å². The summed E-state index contributed by atoms with van der Waals surface area (Å²) >= 11 is 0. The van der Waals surface area contributed by atoms with E-state index in [0.29, 0.717) is 18.0 Å². The maximum absolute atomic E-state index is 13.6. The number of ether oxygens (including phenoxy) is 1. The summed E-state index contributed by atoms with van der Waals surface area (Å²) in [5, 5.41) is 27.3. The van der Waals surface area contributed by atoms with Gasteiger partial charge in [0.05, 0.1) is 23.2 Å². The molecule has 0 unspecified atom stereocenters. The number of β-amino-alcohol motifs (C(OH)–C–C–N with tert-alkyl or cyclic N) is 2. The van der Waals surface area contributed by atoms with Crippen molar-refractivity contribution in [1.82, 2.24) is 10.6 Å². The molecule has 0 bridgehead atoms. The summed E-state index contributed by atoms with van der Waals surface area (Å²) in [6.07, 6.45) is -1.61. The average molecular weight is 522 g/mol. The van der Waals surface area contributed by atoms with Crippen LogP contribution in [0.3, 0.4) is 0 Å². The van der Waals surface area contributed by atoms with Crippen molar-refractivity contribution >= 4 is 15.7 Å². The van der Waals surface area contributed by atoms with Gasteiger partial charge in [0, 0.05) is 24.2 Å². The van der Waals surface area contributed by atoms with Crippen LogP contribution in [-0.4, -0.2) is 68.2 Å². The van der Waals surface area contributed by atoms with Gasteiger partial charge in [0.25, 0.3) is 10.0 Å². The van der Waals surface area contributed by atoms with Gasteiger partial charge in [0.2, 0.25) is 0 Å². The molecule has 0 aliphatic heterocycles. The molecule has 0 aromatic heterocycles. The van der Waals surface area contributed by atoms with Gasteiger partial charge in [-0.1, -0.05) is 17.7 Å².